The fraction of sp³-hybridized carbons (Fsp3) is 0.727. The number of benzene rings is 1. The van der Waals surface area contributed by atoms with Crippen molar-refractivity contribution in [2.75, 3.05) is 14.2 Å². The second kappa shape index (κ2) is 6.19. The first kappa shape index (κ1) is 18.6. The predicted molar refractivity (Wildman–Crippen MR) is 102 cm³/mol. The molecular formula is C22H34O3. The first-order valence-electron chi connectivity index (χ1n) is 9.64. The van der Waals surface area contributed by atoms with Crippen LogP contribution in [0.25, 0.3) is 0 Å². The zero-order valence-electron chi connectivity index (χ0n) is 16.9. The lowest BCUT2D eigenvalue weighted by Crippen LogP contribution is -2.54. The third kappa shape index (κ3) is 2.58. The first-order valence-corrected chi connectivity index (χ1v) is 9.64. The molecule has 1 N–H and O–H groups in total. The highest BCUT2D eigenvalue weighted by Gasteiger charge is 2.54. The molecule has 0 spiro atoms. The van der Waals surface area contributed by atoms with Gasteiger partial charge in [-0.05, 0) is 48.5 Å². The summed E-state index contributed by atoms with van der Waals surface area (Å²) in [5.41, 5.74) is 3.90. The molecule has 0 amide bonds. The summed E-state index contributed by atoms with van der Waals surface area (Å²) in [6.07, 6.45) is 3.79. The normalized spacial score (nSPS) is 30.6. The maximum absolute atomic E-state index is 10.6. The molecule has 0 radical (unpaired) electrons. The minimum Gasteiger partial charge on any atom is -0.493 e. The van der Waals surface area contributed by atoms with Crippen LogP contribution in [0.1, 0.15) is 76.5 Å². The van der Waals surface area contributed by atoms with Gasteiger partial charge in [-0.1, -0.05) is 40.7 Å². The van der Waals surface area contributed by atoms with Gasteiger partial charge in [0.2, 0.25) is 0 Å². The average Bonchev–Trinajstić information content (AvgIpc) is 2.56. The Morgan fingerprint density at radius 1 is 1.08 bits per heavy atom. The Kier molecular flexibility index (Phi) is 4.60. The van der Waals surface area contributed by atoms with E-state index in [1.807, 2.05) is 0 Å². The van der Waals surface area contributed by atoms with E-state index in [0.717, 1.165) is 37.2 Å². The standard InChI is InChI=1S/C22H34O3/c1-13(2)15-12-14-8-9-16-21(3,4)17(23)10-11-22(16,5)18(14)20(25-7)19(15)24-6/h12-13,16-17,23H,8-11H2,1-7H3/t16-,17-,22-/m0/s1. The van der Waals surface area contributed by atoms with Crippen molar-refractivity contribution in [1.29, 1.82) is 0 Å². The van der Waals surface area contributed by atoms with Crippen LogP contribution in [0.15, 0.2) is 6.07 Å². The van der Waals surface area contributed by atoms with Crippen molar-refractivity contribution in [1.82, 2.24) is 0 Å². The summed E-state index contributed by atoms with van der Waals surface area (Å²) >= 11 is 0. The van der Waals surface area contributed by atoms with Crippen molar-refractivity contribution in [2.24, 2.45) is 11.3 Å². The van der Waals surface area contributed by atoms with E-state index in [-0.39, 0.29) is 16.9 Å². The molecule has 0 aromatic heterocycles. The van der Waals surface area contributed by atoms with Crippen molar-refractivity contribution in [3.05, 3.63) is 22.8 Å². The molecule has 1 fully saturated rings. The van der Waals surface area contributed by atoms with Crippen LogP contribution in [0.4, 0.5) is 0 Å². The highest BCUT2D eigenvalue weighted by atomic mass is 16.5. The molecule has 140 valence electrons. The van der Waals surface area contributed by atoms with Gasteiger partial charge in [-0.15, -0.1) is 0 Å². The van der Waals surface area contributed by atoms with E-state index in [1.54, 1.807) is 14.2 Å². The predicted octanol–water partition coefficient (Wildman–Crippen LogP) is 4.83. The molecule has 0 heterocycles. The lowest BCUT2D eigenvalue weighted by molar-refractivity contribution is -0.0736. The number of aliphatic hydroxyl groups excluding tert-OH is 1. The number of hydrogen-bond donors (Lipinski definition) is 1. The third-order valence-electron chi connectivity index (χ3n) is 7.11. The van der Waals surface area contributed by atoms with Gasteiger partial charge in [0, 0.05) is 16.5 Å². The lowest BCUT2D eigenvalue weighted by Gasteiger charge is -2.56. The van der Waals surface area contributed by atoms with Gasteiger partial charge in [0.25, 0.3) is 0 Å². The van der Waals surface area contributed by atoms with Crippen LogP contribution in [0.2, 0.25) is 0 Å². The van der Waals surface area contributed by atoms with Gasteiger partial charge < -0.3 is 14.6 Å². The maximum Gasteiger partial charge on any atom is 0.165 e. The quantitative estimate of drug-likeness (QED) is 0.852. The van der Waals surface area contributed by atoms with E-state index in [4.69, 9.17) is 9.47 Å². The molecule has 0 saturated heterocycles. The van der Waals surface area contributed by atoms with Gasteiger partial charge in [-0.3, -0.25) is 0 Å². The Labute approximate surface area is 152 Å². The molecule has 3 rings (SSSR count). The topological polar surface area (TPSA) is 38.7 Å². The highest BCUT2D eigenvalue weighted by molar-refractivity contribution is 5.60. The fourth-order valence-corrected chi connectivity index (χ4v) is 5.70. The van der Waals surface area contributed by atoms with E-state index in [1.165, 1.54) is 16.7 Å². The van der Waals surface area contributed by atoms with Crippen LogP contribution in [0.5, 0.6) is 11.5 Å². The minimum atomic E-state index is -0.227. The molecule has 2 aliphatic rings. The summed E-state index contributed by atoms with van der Waals surface area (Å²) in [4.78, 5) is 0. The van der Waals surface area contributed by atoms with E-state index >= 15 is 0 Å². The summed E-state index contributed by atoms with van der Waals surface area (Å²) in [7, 11) is 3.51. The number of aliphatic hydroxyl groups is 1. The van der Waals surface area contributed by atoms with E-state index in [9.17, 15) is 5.11 Å². The maximum atomic E-state index is 10.6. The number of ether oxygens (including phenoxy) is 2. The van der Waals surface area contributed by atoms with Crippen LogP contribution in [0, 0.1) is 11.3 Å². The van der Waals surface area contributed by atoms with Gasteiger partial charge in [-0.2, -0.15) is 0 Å². The second-order valence-corrected chi connectivity index (χ2v) is 9.11. The van der Waals surface area contributed by atoms with Crippen LogP contribution < -0.4 is 9.47 Å². The Morgan fingerprint density at radius 3 is 2.28 bits per heavy atom. The molecule has 1 aromatic rings. The zero-order chi connectivity index (χ0) is 18.6. The summed E-state index contributed by atoms with van der Waals surface area (Å²) in [5, 5.41) is 10.6. The molecule has 3 nitrogen and oxygen atoms in total. The Bertz CT molecular complexity index is 662. The molecule has 0 bridgehead atoms. The fourth-order valence-electron chi connectivity index (χ4n) is 5.70. The smallest absolute Gasteiger partial charge is 0.165 e. The number of hydrogen-bond acceptors (Lipinski definition) is 3. The van der Waals surface area contributed by atoms with Crippen LogP contribution in [-0.2, 0) is 11.8 Å². The van der Waals surface area contributed by atoms with Gasteiger partial charge in [0.1, 0.15) is 0 Å². The Hall–Kier alpha value is -1.22. The van der Waals surface area contributed by atoms with Gasteiger partial charge in [0.05, 0.1) is 20.3 Å². The molecule has 0 aliphatic heterocycles. The van der Waals surface area contributed by atoms with Crippen molar-refractivity contribution < 1.29 is 14.6 Å². The highest BCUT2D eigenvalue weighted by Crippen LogP contribution is 2.60. The van der Waals surface area contributed by atoms with E-state index < -0.39 is 0 Å². The number of aryl methyl sites for hydroxylation is 1. The third-order valence-corrected chi connectivity index (χ3v) is 7.11. The van der Waals surface area contributed by atoms with Crippen molar-refractivity contribution in [3.8, 4) is 11.5 Å². The van der Waals surface area contributed by atoms with Crippen molar-refractivity contribution >= 4 is 0 Å². The van der Waals surface area contributed by atoms with Gasteiger partial charge in [-0.25, -0.2) is 0 Å². The Morgan fingerprint density at radius 2 is 1.72 bits per heavy atom. The largest absolute Gasteiger partial charge is 0.493 e. The van der Waals surface area contributed by atoms with Crippen LogP contribution in [0.3, 0.4) is 0 Å². The number of methoxy groups -OCH3 is 2. The van der Waals surface area contributed by atoms with Gasteiger partial charge in [0.15, 0.2) is 11.5 Å². The first-order chi connectivity index (χ1) is 11.7. The van der Waals surface area contributed by atoms with Crippen molar-refractivity contribution in [2.45, 2.75) is 77.7 Å². The van der Waals surface area contributed by atoms with Crippen LogP contribution >= 0.6 is 0 Å². The lowest BCUT2D eigenvalue weighted by atomic mass is 9.49. The molecule has 3 heteroatoms. The molecular weight excluding hydrogens is 312 g/mol. The SMILES string of the molecule is COc1c(C(C)C)cc2c(c1OC)[C@@]1(C)CC[C@H](O)C(C)(C)[C@@H]1CC2. The molecule has 1 aromatic carbocycles. The Balaban J connectivity index is 2.25. The average molecular weight is 347 g/mol. The van der Waals surface area contributed by atoms with E-state index in [2.05, 4.69) is 40.7 Å². The number of rotatable bonds is 3. The molecule has 0 unspecified atom stereocenters. The minimum absolute atomic E-state index is 0.0183. The van der Waals surface area contributed by atoms with Crippen LogP contribution in [-0.4, -0.2) is 25.4 Å². The molecule has 3 atom stereocenters. The second-order valence-electron chi connectivity index (χ2n) is 9.11. The number of fused-ring (bicyclic) bond motifs is 3. The molecule has 25 heavy (non-hydrogen) atoms. The molecule has 1 saturated carbocycles. The summed E-state index contributed by atoms with van der Waals surface area (Å²) < 4.78 is 11.8. The molecule has 2 aliphatic carbocycles. The summed E-state index contributed by atoms with van der Waals surface area (Å²) in [5.74, 6) is 2.65. The van der Waals surface area contributed by atoms with E-state index in [0.29, 0.717) is 11.8 Å². The monoisotopic (exact) mass is 346 g/mol. The zero-order valence-corrected chi connectivity index (χ0v) is 16.9. The summed E-state index contributed by atoms with van der Waals surface area (Å²) in [6.45, 7) is 11.3. The van der Waals surface area contributed by atoms with Crippen molar-refractivity contribution in [3.63, 3.8) is 0 Å². The van der Waals surface area contributed by atoms with Gasteiger partial charge >= 0.3 is 0 Å². The summed E-state index contributed by atoms with van der Waals surface area (Å²) in [6, 6.07) is 2.35.